The summed E-state index contributed by atoms with van der Waals surface area (Å²) in [5.41, 5.74) is 4.67. The predicted molar refractivity (Wildman–Crippen MR) is 102 cm³/mol. The first-order chi connectivity index (χ1) is 13.2. The Morgan fingerprint density at radius 3 is 2.41 bits per heavy atom. The van der Waals surface area contributed by atoms with E-state index in [1.54, 1.807) is 20.5 Å². The van der Waals surface area contributed by atoms with Crippen LogP contribution >= 0.6 is 0 Å². The molecule has 4 rings (SSSR count). The average Bonchev–Trinajstić information content (AvgIpc) is 3.16. The fraction of sp³-hybridized carbons (Fsp3) is 0.190. The molecule has 0 N–H and O–H groups in total. The lowest BCUT2D eigenvalue weighted by molar-refractivity contribution is 0.355. The lowest BCUT2D eigenvalue weighted by Crippen LogP contribution is -1.97. The number of aromatic nitrogens is 3. The van der Waals surface area contributed by atoms with Gasteiger partial charge in [-0.15, -0.1) is 0 Å². The molecule has 2 heterocycles. The van der Waals surface area contributed by atoms with Crippen LogP contribution in [-0.2, 0) is 6.42 Å². The van der Waals surface area contributed by atoms with E-state index < -0.39 is 0 Å². The van der Waals surface area contributed by atoms with Crippen LogP contribution in [0.2, 0.25) is 0 Å². The highest BCUT2D eigenvalue weighted by Gasteiger charge is 2.14. The van der Waals surface area contributed by atoms with Gasteiger partial charge in [-0.1, -0.05) is 35.0 Å². The second-order valence-electron chi connectivity index (χ2n) is 6.27. The van der Waals surface area contributed by atoms with Gasteiger partial charge in [-0.2, -0.15) is 0 Å². The molecule has 6 heteroatoms. The molecule has 27 heavy (non-hydrogen) atoms. The van der Waals surface area contributed by atoms with E-state index in [4.69, 9.17) is 14.0 Å². The standard InChI is InChI=1S/C21H19N3O3/c1-13-4-6-14(7-5-13)17-8-15(27-24-17)9-18-16-10-20(25-2)21(26-3)11-19(16)23-12-22-18/h4-8,10-12H,9H2,1-3H3. The second kappa shape index (κ2) is 7.07. The summed E-state index contributed by atoms with van der Waals surface area (Å²) in [6.45, 7) is 2.06. The minimum Gasteiger partial charge on any atom is -0.493 e. The summed E-state index contributed by atoms with van der Waals surface area (Å²) in [6.07, 6.45) is 2.05. The van der Waals surface area contributed by atoms with E-state index in [1.165, 1.54) is 5.56 Å². The molecule has 0 unspecified atom stereocenters. The van der Waals surface area contributed by atoms with Crippen LogP contribution in [0.25, 0.3) is 22.2 Å². The molecule has 136 valence electrons. The number of aryl methyl sites for hydroxylation is 1. The van der Waals surface area contributed by atoms with Gasteiger partial charge in [-0.05, 0) is 13.0 Å². The molecule has 0 saturated heterocycles. The van der Waals surface area contributed by atoms with Crippen LogP contribution in [0.4, 0.5) is 0 Å². The molecule has 0 aliphatic heterocycles. The summed E-state index contributed by atoms with van der Waals surface area (Å²) in [5.74, 6) is 2.01. The molecular formula is C21H19N3O3. The second-order valence-corrected chi connectivity index (χ2v) is 6.27. The quantitative estimate of drug-likeness (QED) is 0.530. The smallest absolute Gasteiger partial charge is 0.162 e. The number of hydrogen-bond acceptors (Lipinski definition) is 6. The normalized spacial score (nSPS) is 10.9. The molecule has 0 amide bonds. The van der Waals surface area contributed by atoms with Gasteiger partial charge < -0.3 is 14.0 Å². The zero-order valence-electron chi connectivity index (χ0n) is 15.4. The summed E-state index contributed by atoms with van der Waals surface area (Å²) in [7, 11) is 3.21. The summed E-state index contributed by atoms with van der Waals surface area (Å²) in [4.78, 5) is 8.77. The van der Waals surface area contributed by atoms with Crippen molar-refractivity contribution in [1.29, 1.82) is 0 Å². The minimum absolute atomic E-state index is 0.507. The van der Waals surface area contributed by atoms with Crippen LogP contribution in [0.3, 0.4) is 0 Å². The Morgan fingerprint density at radius 2 is 1.67 bits per heavy atom. The summed E-state index contributed by atoms with van der Waals surface area (Å²) in [5, 5.41) is 5.08. The van der Waals surface area contributed by atoms with Gasteiger partial charge in [-0.25, -0.2) is 9.97 Å². The van der Waals surface area contributed by atoms with Gasteiger partial charge in [0.1, 0.15) is 17.8 Å². The SMILES string of the molecule is COc1cc2ncnc(Cc3cc(-c4ccc(C)cc4)no3)c2cc1OC. The minimum atomic E-state index is 0.507. The molecule has 2 aromatic carbocycles. The third kappa shape index (κ3) is 3.33. The van der Waals surface area contributed by atoms with Gasteiger partial charge >= 0.3 is 0 Å². The highest BCUT2D eigenvalue weighted by Crippen LogP contribution is 2.33. The van der Waals surface area contributed by atoms with E-state index in [2.05, 4.69) is 34.2 Å². The third-order valence-corrected chi connectivity index (χ3v) is 4.47. The molecule has 6 nitrogen and oxygen atoms in total. The number of hydrogen-bond donors (Lipinski definition) is 0. The zero-order valence-corrected chi connectivity index (χ0v) is 15.4. The van der Waals surface area contributed by atoms with E-state index in [-0.39, 0.29) is 0 Å². The number of fused-ring (bicyclic) bond motifs is 1. The van der Waals surface area contributed by atoms with Gasteiger partial charge in [0.15, 0.2) is 11.5 Å². The van der Waals surface area contributed by atoms with Crippen molar-refractivity contribution in [2.45, 2.75) is 13.3 Å². The average molecular weight is 361 g/mol. The maximum absolute atomic E-state index is 5.54. The van der Waals surface area contributed by atoms with E-state index >= 15 is 0 Å². The summed E-state index contributed by atoms with van der Waals surface area (Å²) < 4.78 is 16.3. The van der Waals surface area contributed by atoms with Gasteiger partial charge in [0.25, 0.3) is 0 Å². The Morgan fingerprint density at radius 1 is 0.926 bits per heavy atom. The molecule has 2 aromatic heterocycles. The molecule has 0 aliphatic carbocycles. The van der Waals surface area contributed by atoms with Crippen molar-refractivity contribution in [2.24, 2.45) is 0 Å². The molecular weight excluding hydrogens is 342 g/mol. The highest BCUT2D eigenvalue weighted by atomic mass is 16.5. The van der Waals surface area contributed by atoms with Gasteiger partial charge in [0, 0.05) is 23.1 Å². The Balaban J connectivity index is 1.68. The first kappa shape index (κ1) is 17.0. The topological polar surface area (TPSA) is 70.3 Å². The first-order valence-corrected chi connectivity index (χ1v) is 8.56. The van der Waals surface area contributed by atoms with Crippen LogP contribution in [0, 0.1) is 6.92 Å². The van der Waals surface area contributed by atoms with Crippen molar-refractivity contribution in [1.82, 2.24) is 15.1 Å². The number of methoxy groups -OCH3 is 2. The molecule has 0 fully saturated rings. The van der Waals surface area contributed by atoms with Crippen LogP contribution in [-0.4, -0.2) is 29.3 Å². The molecule has 0 atom stereocenters. The van der Waals surface area contributed by atoms with Gasteiger partial charge in [-0.3, -0.25) is 0 Å². The molecule has 0 radical (unpaired) electrons. The number of ether oxygens (including phenoxy) is 2. The fourth-order valence-electron chi connectivity index (χ4n) is 3.00. The molecule has 0 spiro atoms. The van der Waals surface area contributed by atoms with Crippen molar-refractivity contribution in [3.05, 3.63) is 65.8 Å². The number of benzene rings is 2. The van der Waals surface area contributed by atoms with Crippen LogP contribution in [0.15, 0.2) is 53.3 Å². The Labute approximate surface area is 156 Å². The van der Waals surface area contributed by atoms with Crippen LogP contribution < -0.4 is 9.47 Å². The van der Waals surface area contributed by atoms with Gasteiger partial charge in [0.05, 0.1) is 31.9 Å². The van der Waals surface area contributed by atoms with Crippen LogP contribution in [0.5, 0.6) is 11.5 Å². The first-order valence-electron chi connectivity index (χ1n) is 8.56. The van der Waals surface area contributed by atoms with Crippen LogP contribution in [0.1, 0.15) is 17.0 Å². The van der Waals surface area contributed by atoms with Gasteiger partial charge in [0.2, 0.25) is 0 Å². The Kier molecular flexibility index (Phi) is 4.46. The van der Waals surface area contributed by atoms with Crippen molar-refractivity contribution >= 4 is 10.9 Å². The molecule has 0 bridgehead atoms. The van der Waals surface area contributed by atoms with Crippen molar-refractivity contribution in [2.75, 3.05) is 14.2 Å². The van der Waals surface area contributed by atoms with Crippen molar-refractivity contribution in [3.63, 3.8) is 0 Å². The summed E-state index contributed by atoms with van der Waals surface area (Å²) >= 11 is 0. The fourth-order valence-corrected chi connectivity index (χ4v) is 3.00. The predicted octanol–water partition coefficient (Wildman–Crippen LogP) is 4.20. The largest absolute Gasteiger partial charge is 0.493 e. The van der Waals surface area contributed by atoms with E-state index in [0.717, 1.165) is 33.6 Å². The zero-order chi connectivity index (χ0) is 18.8. The maximum Gasteiger partial charge on any atom is 0.162 e. The Hall–Kier alpha value is -3.41. The van der Waals surface area contributed by atoms with E-state index in [1.807, 2.05) is 30.3 Å². The molecule has 4 aromatic rings. The molecule has 0 saturated carbocycles. The van der Waals surface area contributed by atoms with E-state index in [9.17, 15) is 0 Å². The molecule has 0 aliphatic rings. The number of nitrogens with zero attached hydrogens (tertiary/aromatic N) is 3. The summed E-state index contributed by atoms with van der Waals surface area (Å²) in [6, 6.07) is 13.9. The maximum atomic E-state index is 5.54. The third-order valence-electron chi connectivity index (χ3n) is 4.47. The monoisotopic (exact) mass is 361 g/mol. The van der Waals surface area contributed by atoms with Crippen molar-refractivity contribution < 1.29 is 14.0 Å². The van der Waals surface area contributed by atoms with Crippen molar-refractivity contribution in [3.8, 4) is 22.8 Å². The Bertz CT molecular complexity index is 1090. The number of rotatable bonds is 5. The lowest BCUT2D eigenvalue weighted by atomic mass is 10.1. The van der Waals surface area contributed by atoms with E-state index in [0.29, 0.717) is 17.9 Å². The highest BCUT2D eigenvalue weighted by molar-refractivity contribution is 5.84. The lowest BCUT2D eigenvalue weighted by Gasteiger charge is -2.10.